The largest absolute Gasteiger partial charge is 0.386 e. The van der Waals surface area contributed by atoms with Crippen LogP contribution in [-0.4, -0.2) is 29.0 Å². The number of hydrogen-bond donors (Lipinski definition) is 1. The highest BCUT2D eigenvalue weighted by atomic mass is 16.3. The van der Waals surface area contributed by atoms with E-state index in [0.29, 0.717) is 5.41 Å². The lowest BCUT2D eigenvalue weighted by Gasteiger charge is -2.57. The van der Waals surface area contributed by atoms with E-state index in [2.05, 4.69) is 24.3 Å². The topological polar surface area (TPSA) is 40.5 Å². The van der Waals surface area contributed by atoms with E-state index in [-0.39, 0.29) is 17.9 Å². The van der Waals surface area contributed by atoms with Crippen LogP contribution in [0.5, 0.6) is 0 Å². The Labute approximate surface area is 205 Å². The Morgan fingerprint density at radius 1 is 0.941 bits per heavy atom. The van der Waals surface area contributed by atoms with E-state index in [0.717, 1.165) is 36.2 Å². The van der Waals surface area contributed by atoms with E-state index in [9.17, 15) is 9.90 Å². The maximum absolute atomic E-state index is 13.9. The molecule has 3 atom stereocenters. The Hall–Kier alpha value is -2.13. The molecule has 0 radical (unpaired) electrons. The molecule has 182 valence electrons. The van der Waals surface area contributed by atoms with Crippen molar-refractivity contribution in [3.05, 3.63) is 71.8 Å². The third-order valence-corrected chi connectivity index (χ3v) is 9.42. The maximum atomic E-state index is 13.9. The van der Waals surface area contributed by atoms with Gasteiger partial charge in [-0.2, -0.15) is 0 Å². The molecular weight excluding hydrogens is 418 g/mol. The molecule has 0 aromatic heterocycles. The second-order valence-electron chi connectivity index (χ2n) is 11.9. The first-order chi connectivity index (χ1) is 16.4. The van der Waals surface area contributed by atoms with Crippen LogP contribution in [0.1, 0.15) is 75.5 Å². The average Bonchev–Trinajstić information content (AvgIpc) is 2.85. The summed E-state index contributed by atoms with van der Waals surface area (Å²) in [5, 5.41) is 11.0. The number of rotatable bonds is 9. The predicted octanol–water partition coefficient (Wildman–Crippen LogP) is 6.42. The minimum absolute atomic E-state index is 0.0363. The van der Waals surface area contributed by atoms with E-state index in [1.807, 2.05) is 55.3 Å². The molecule has 0 heterocycles. The van der Waals surface area contributed by atoms with Gasteiger partial charge in [0, 0.05) is 13.0 Å². The van der Waals surface area contributed by atoms with Gasteiger partial charge in [-0.3, -0.25) is 4.79 Å². The molecule has 34 heavy (non-hydrogen) atoms. The van der Waals surface area contributed by atoms with Crippen LogP contribution in [0.4, 0.5) is 0 Å². The molecule has 3 heteroatoms. The molecule has 4 aliphatic carbocycles. The molecule has 4 fully saturated rings. The normalized spacial score (nSPS) is 30.0. The van der Waals surface area contributed by atoms with Crippen molar-refractivity contribution in [1.29, 1.82) is 0 Å². The lowest BCUT2D eigenvalue weighted by molar-refractivity contribution is -0.139. The lowest BCUT2D eigenvalue weighted by Crippen LogP contribution is -2.47. The first-order valence-electron chi connectivity index (χ1n) is 13.5. The fourth-order valence-corrected chi connectivity index (χ4v) is 7.92. The van der Waals surface area contributed by atoms with Crippen LogP contribution in [-0.2, 0) is 11.2 Å². The standard InChI is InChI=1S/C31H41NO2/c1-22(29(33)27-11-7-4-8-12-27)32(2)30(34)28(18-23-9-5-3-6-10-23)13-14-31-19-24-15-25(20-31)17-26(16-24)21-31/h3-12,22,24-26,28-29,33H,13-21H2,1-2H3/t22-,24?,25?,26?,28-,29-,31?/m0/s1. The number of aliphatic hydroxyl groups excluding tert-OH is 1. The van der Waals surface area contributed by atoms with Crippen molar-refractivity contribution in [2.75, 3.05) is 7.05 Å². The van der Waals surface area contributed by atoms with Gasteiger partial charge in [-0.15, -0.1) is 0 Å². The van der Waals surface area contributed by atoms with E-state index < -0.39 is 6.10 Å². The van der Waals surface area contributed by atoms with Gasteiger partial charge in [-0.25, -0.2) is 0 Å². The first kappa shape index (κ1) is 23.6. The Balaban J connectivity index is 1.30. The van der Waals surface area contributed by atoms with Gasteiger partial charge in [0.15, 0.2) is 0 Å². The zero-order valence-corrected chi connectivity index (χ0v) is 20.9. The zero-order chi connectivity index (χ0) is 23.7. The monoisotopic (exact) mass is 459 g/mol. The predicted molar refractivity (Wildman–Crippen MR) is 137 cm³/mol. The summed E-state index contributed by atoms with van der Waals surface area (Å²) in [6.07, 6.45) is 10.8. The fraction of sp³-hybridized carbons (Fsp3) is 0.581. The summed E-state index contributed by atoms with van der Waals surface area (Å²) in [6.45, 7) is 1.97. The van der Waals surface area contributed by atoms with Gasteiger partial charge in [0.05, 0.1) is 12.1 Å². The van der Waals surface area contributed by atoms with Crippen LogP contribution in [0.25, 0.3) is 0 Å². The molecule has 1 amide bonds. The van der Waals surface area contributed by atoms with Crippen molar-refractivity contribution in [2.45, 2.75) is 76.9 Å². The number of carbonyl (C=O) groups is 1. The minimum atomic E-state index is -0.685. The van der Waals surface area contributed by atoms with Crippen LogP contribution in [0, 0.1) is 29.1 Å². The highest BCUT2D eigenvalue weighted by Crippen LogP contribution is 2.61. The molecule has 4 saturated carbocycles. The second kappa shape index (κ2) is 9.85. The van der Waals surface area contributed by atoms with E-state index in [1.54, 1.807) is 0 Å². The molecule has 1 N–H and O–H groups in total. The molecule has 4 bridgehead atoms. The molecule has 0 aliphatic heterocycles. The maximum Gasteiger partial charge on any atom is 0.226 e. The Kier molecular flexibility index (Phi) is 6.84. The Morgan fingerprint density at radius 2 is 1.47 bits per heavy atom. The van der Waals surface area contributed by atoms with Gasteiger partial charge < -0.3 is 10.0 Å². The van der Waals surface area contributed by atoms with E-state index in [4.69, 9.17) is 0 Å². The highest BCUT2D eigenvalue weighted by molar-refractivity contribution is 5.79. The van der Waals surface area contributed by atoms with Gasteiger partial charge in [0.25, 0.3) is 0 Å². The minimum Gasteiger partial charge on any atom is -0.386 e. The summed E-state index contributed by atoms with van der Waals surface area (Å²) >= 11 is 0. The molecule has 0 unspecified atom stereocenters. The molecule has 2 aromatic carbocycles. The van der Waals surface area contributed by atoms with Crippen molar-refractivity contribution in [3.63, 3.8) is 0 Å². The Morgan fingerprint density at radius 3 is 2.03 bits per heavy atom. The number of nitrogens with zero attached hydrogens (tertiary/aromatic N) is 1. The quantitative estimate of drug-likeness (QED) is 0.470. The van der Waals surface area contributed by atoms with Crippen molar-refractivity contribution in [1.82, 2.24) is 4.90 Å². The van der Waals surface area contributed by atoms with E-state index in [1.165, 1.54) is 50.5 Å². The van der Waals surface area contributed by atoms with Gasteiger partial charge in [0.2, 0.25) is 5.91 Å². The average molecular weight is 460 g/mol. The van der Waals surface area contributed by atoms with Crippen LogP contribution < -0.4 is 0 Å². The smallest absolute Gasteiger partial charge is 0.226 e. The Bertz CT molecular complexity index is 921. The lowest BCUT2D eigenvalue weighted by atomic mass is 9.48. The number of amides is 1. The molecule has 3 nitrogen and oxygen atoms in total. The summed E-state index contributed by atoms with van der Waals surface area (Å²) in [4.78, 5) is 15.7. The van der Waals surface area contributed by atoms with Gasteiger partial charge in [-0.1, -0.05) is 60.7 Å². The van der Waals surface area contributed by atoms with Gasteiger partial charge >= 0.3 is 0 Å². The number of carbonyl (C=O) groups excluding carboxylic acids is 1. The van der Waals surface area contributed by atoms with Crippen LogP contribution in [0.3, 0.4) is 0 Å². The third-order valence-electron chi connectivity index (χ3n) is 9.42. The number of hydrogen-bond acceptors (Lipinski definition) is 2. The van der Waals surface area contributed by atoms with Crippen LogP contribution in [0.2, 0.25) is 0 Å². The van der Waals surface area contributed by atoms with Crippen LogP contribution in [0.15, 0.2) is 60.7 Å². The van der Waals surface area contributed by atoms with Crippen LogP contribution >= 0.6 is 0 Å². The molecule has 0 saturated heterocycles. The summed E-state index contributed by atoms with van der Waals surface area (Å²) in [6, 6.07) is 19.9. The van der Waals surface area contributed by atoms with Crippen molar-refractivity contribution in [2.24, 2.45) is 29.1 Å². The van der Waals surface area contributed by atoms with Crippen molar-refractivity contribution < 1.29 is 9.90 Å². The zero-order valence-electron chi connectivity index (χ0n) is 20.9. The van der Waals surface area contributed by atoms with Gasteiger partial charge in [-0.05, 0) is 99.0 Å². The third kappa shape index (κ3) is 4.96. The SMILES string of the molecule is C[C@@H]([C@H](O)c1ccccc1)N(C)C(=O)[C@@H](CCC12CC3CC(CC(C3)C1)C2)Cc1ccccc1. The van der Waals surface area contributed by atoms with Crippen molar-refractivity contribution >= 4 is 5.91 Å². The highest BCUT2D eigenvalue weighted by Gasteiger charge is 2.50. The van der Waals surface area contributed by atoms with Gasteiger partial charge in [0.1, 0.15) is 0 Å². The first-order valence-corrected chi connectivity index (χ1v) is 13.5. The number of benzene rings is 2. The summed E-state index contributed by atoms with van der Waals surface area (Å²) < 4.78 is 0. The number of likely N-dealkylation sites (N-methyl/N-ethyl adjacent to an activating group) is 1. The molecule has 6 rings (SSSR count). The molecular formula is C31H41NO2. The second-order valence-corrected chi connectivity index (χ2v) is 11.9. The fourth-order valence-electron chi connectivity index (χ4n) is 7.92. The molecule has 0 spiro atoms. The summed E-state index contributed by atoms with van der Waals surface area (Å²) in [5.74, 6) is 2.97. The summed E-state index contributed by atoms with van der Waals surface area (Å²) in [5.41, 5.74) is 2.58. The number of aliphatic hydroxyl groups is 1. The summed E-state index contributed by atoms with van der Waals surface area (Å²) in [7, 11) is 1.88. The van der Waals surface area contributed by atoms with E-state index >= 15 is 0 Å². The van der Waals surface area contributed by atoms with Crippen molar-refractivity contribution in [3.8, 4) is 0 Å². The molecule has 4 aliphatic rings. The molecule has 2 aromatic rings.